The van der Waals surface area contributed by atoms with Crippen molar-refractivity contribution in [3.63, 3.8) is 0 Å². The lowest BCUT2D eigenvalue weighted by molar-refractivity contribution is -0.124. The molecule has 0 bridgehead atoms. The highest BCUT2D eigenvalue weighted by Crippen LogP contribution is 2.35. The Morgan fingerprint density at radius 2 is 2.17 bits per heavy atom. The lowest BCUT2D eigenvalue weighted by atomic mass is 9.88. The van der Waals surface area contributed by atoms with Gasteiger partial charge in [0.1, 0.15) is 0 Å². The standard InChI is InChI=1S/C13H24N2O3/c14-8-12-9-16-6-3-15(12)11-1-4-18-13(7-11)2-5-17-10-13/h11-12H,1-10,14H2. The van der Waals surface area contributed by atoms with Crippen LogP contribution < -0.4 is 5.73 Å². The van der Waals surface area contributed by atoms with Crippen LogP contribution >= 0.6 is 0 Å². The summed E-state index contributed by atoms with van der Waals surface area (Å²) in [6.45, 7) is 5.75. The van der Waals surface area contributed by atoms with Crippen LogP contribution in [0.5, 0.6) is 0 Å². The third-order valence-corrected chi connectivity index (χ3v) is 4.55. The summed E-state index contributed by atoms with van der Waals surface area (Å²) in [4.78, 5) is 2.55. The maximum Gasteiger partial charge on any atom is 0.0951 e. The monoisotopic (exact) mass is 256 g/mol. The van der Waals surface area contributed by atoms with Gasteiger partial charge in [-0.2, -0.15) is 0 Å². The average molecular weight is 256 g/mol. The third-order valence-electron chi connectivity index (χ3n) is 4.55. The zero-order valence-corrected chi connectivity index (χ0v) is 11.0. The molecule has 3 atom stereocenters. The minimum atomic E-state index is -0.0135. The molecular weight excluding hydrogens is 232 g/mol. The van der Waals surface area contributed by atoms with Crippen LogP contribution in [0, 0.1) is 0 Å². The molecule has 3 aliphatic heterocycles. The molecule has 0 aliphatic carbocycles. The molecule has 3 aliphatic rings. The van der Waals surface area contributed by atoms with Crippen molar-refractivity contribution in [2.75, 3.05) is 46.1 Å². The van der Waals surface area contributed by atoms with Crippen LogP contribution in [0.2, 0.25) is 0 Å². The van der Waals surface area contributed by atoms with E-state index in [1.807, 2.05) is 0 Å². The highest BCUT2D eigenvalue weighted by atomic mass is 16.6. The number of hydrogen-bond acceptors (Lipinski definition) is 5. The van der Waals surface area contributed by atoms with Crippen LogP contribution in [-0.4, -0.2) is 68.7 Å². The number of ether oxygens (including phenoxy) is 3. The van der Waals surface area contributed by atoms with Gasteiger partial charge in [-0.3, -0.25) is 4.90 Å². The summed E-state index contributed by atoms with van der Waals surface area (Å²) in [6, 6.07) is 0.958. The van der Waals surface area contributed by atoms with Gasteiger partial charge in [0.15, 0.2) is 0 Å². The summed E-state index contributed by atoms with van der Waals surface area (Å²) >= 11 is 0. The van der Waals surface area contributed by atoms with Gasteiger partial charge in [0.05, 0.1) is 25.4 Å². The SMILES string of the molecule is NCC1COCCN1C1CCOC2(CCOC2)C1. The van der Waals surface area contributed by atoms with Gasteiger partial charge < -0.3 is 19.9 Å². The van der Waals surface area contributed by atoms with E-state index in [0.717, 1.165) is 58.8 Å². The van der Waals surface area contributed by atoms with Crippen LogP contribution in [0.15, 0.2) is 0 Å². The molecule has 1 spiro atoms. The Morgan fingerprint density at radius 1 is 1.22 bits per heavy atom. The van der Waals surface area contributed by atoms with Crippen molar-refractivity contribution in [1.29, 1.82) is 0 Å². The fourth-order valence-corrected chi connectivity index (χ4v) is 3.50. The first-order valence-electron chi connectivity index (χ1n) is 7.08. The molecule has 2 N–H and O–H groups in total. The smallest absolute Gasteiger partial charge is 0.0951 e. The number of nitrogens with zero attached hydrogens (tertiary/aromatic N) is 1. The highest BCUT2D eigenvalue weighted by molar-refractivity contribution is 4.95. The van der Waals surface area contributed by atoms with Crippen LogP contribution in [0.25, 0.3) is 0 Å². The summed E-state index contributed by atoms with van der Waals surface area (Å²) in [6.07, 6.45) is 3.24. The van der Waals surface area contributed by atoms with Gasteiger partial charge in [-0.05, 0) is 12.8 Å². The number of rotatable bonds is 2. The van der Waals surface area contributed by atoms with E-state index in [-0.39, 0.29) is 5.60 Å². The molecule has 0 aromatic heterocycles. The Labute approximate surface area is 109 Å². The molecular formula is C13H24N2O3. The molecule has 0 radical (unpaired) electrons. The average Bonchev–Trinajstić information content (AvgIpc) is 2.86. The second-order valence-corrected chi connectivity index (χ2v) is 5.68. The molecule has 0 amide bonds. The van der Waals surface area contributed by atoms with E-state index in [0.29, 0.717) is 18.6 Å². The predicted octanol–water partition coefficient (Wildman–Crippen LogP) is -0.0160. The van der Waals surface area contributed by atoms with E-state index in [4.69, 9.17) is 19.9 Å². The van der Waals surface area contributed by atoms with Crippen molar-refractivity contribution in [1.82, 2.24) is 4.90 Å². The Balaban J connectivity index is 1.67. The zero-order valence-electron chi connectivity index (χ0n) is 11.0. The number of nitrogens with two attached hydrogens (primary N) is 1. The Bertz CT molecular complexity index is 281. The van der Waals surface area contributed by atoms with Crippen molar-refractivity contribution in [2.45, 2.75) is 36.9 Å². The molecule has 0 aromatic rings. The van der Waals surface area contributed by atoms with E-state index >= 15 is 0 Å². The minimum absolute atomic E-state index is 0.0135. The largest absolute Gasteiger partial charge is 0.378 e. The van der Waals surface area contributed by atoms with Crippen LogP contribution in [0.1, 0.15) is 19.3 Å². The van der Waals surface area contributed by atoms with Crippen LogP contribution in [-0.2, 0) is 14.2 Å². The first kappa shape index (κ1) is 12.8. The van der Waals surface area contributed by atoms with Gasteiger partial charge in [-0.1, -0.05) is 0 Å². The molecule has 5 nitrogen and oxygen atoms in total. The summed E-state index contributed by atoms with van der Waals surface area (Å²) in [7, 11) is 0. The number of morpholine rings is 1. The molecule has 3 fully saturated rings. The van der Waals surface area contributed by atoms with E-state index < -0.39 is 0 Å². The molecule has 3 unspecified atom stereocenters. The van der Waals surface area contributed by atoms with Crippen molar-refractivity contribution in [2.24, 2.45) is 5.73 Å². The first-order valence-corrected chi connectivity index (χ1v) is 7.08. The summed E-state index contributed by atoms with van der Waals surface area (Å²) < 4.78 is 17.1. The number of hydrogen-bond donors (Lipinski definition) is 1. The van der Waals surface area contributed by atoms with E-state index in [1.165, 1.54) is 0 Å². The molecule has 5 heteroatoms. The maximum absolute atomic E-state index is 6.00. The summed E-state index contributed by atoms with van der Waals surface area (Å²) in [5.41, 5.74) is 5.85. The van der Waals surface area contributed by atoms with Crippen LogP contribution in [0.4, 0.5) is 0 Å². The molecule has 18 heavy (non-hydrogen) atoms. The van der Waals surface area contributed by atoms with E-state index in [2.05, 4.69) is 4.90 Å². The van der Waals surface area contributed by atoms with Gasteiger partial charge in [0.2, 0.25) is 0 Å². The topological polar surface area (TPSA) is 57.0 Å². The quantitative estimate of drug-likeness (QED) is 0.753. The summed E-state index contributed by atoms with van der Waals surface area (Å²) in [5.74, 6) is 0. The Morgan fingerprint density at radius 3 is 2.94 bits per heavy atom. The molecule has 104 valence electrons. The molecule has 3 saturated heterocycles. The van der Waals surface area contributed by atoms with Crippen molar-refractivity contribution < 1.29 is 14.2 Å². The van der Waals surface area contributed by atoms with E-state index in [9.17, 15) is 0 Å². The third kappa shape index (κ3) is 2.42. The van der Waals surface area contributed by atoms with Gasteiger partial charge in [-0.15, -0.1) is 0 Å². The van der Waals surface area contributed by atoms with Crippen molar-refractivity contribution >= 4 is 0 Å². The summed E-state index contributed by atoms with van der Waals surface area (Å²) in [5, 5.41) is 0. The second kappa shape index (κ2) is 5.43. The Kier molecular flexibility index (Phi) is 3.86. The molecule has 3 rings (SSSR count). The molecule has 3 heterocycles. The fraction of sp³-hybridized carbons (Fsp3) is 1.00. The maximum atomic E-state index is 6.00. The second-order valence-electron chi connectivity index (χ2n) is 5.68. The predicted molar refractivity (Wildman–Crippen MR) is 67.5 cm³/mol. The Hall–Kier alpha value is -0.200. The van der Waals surface area contributed by atoms with Gasteiger partial charge in [0, 0.05) is 44.8 Å². The minimum Gasteiger partial charge on any atom is -0.378 e. The molecule has 0 aromatic carbocycles. The van der Waals surface area contributed by atoms with Gasteiger partial charge in [-0.25, -0.2) is 0 Å². The fourth-order valence-electron chi connectivity index (χ4n) is 3.50. The highest BCUT2D eigenvalue weighted by Gasteiger charge is 2.43. The van der Waals surface area contributed by atoms with Crippen molar-refractivity contribution in [3.8, 4) is 0 Å². The normalized spacial score (nSPS) is 42.5. The van der Waals surface area contributed by atoms with Crippen molar-refractivity contribution in [3.05, 3.63) is 0 Å². The van der Waals surface area contributed by atoms with Crippen LogP contribution in [0.3, 0.4) is 0 Å². The molecule has 0 saturated carbocycles. The zero-order chi connectivity index (χ0) is 12.4. The lowest BCUT2D eigenvalue weighted by Gasteiger charge is -2.46. The lowest BCUT2D eigenvalue weighted by Crippen LogP contribution is -2.57. The van der Waals surface area contributed by atoms with Gasteiger partial charge >= 0.3 is 0 Å². The first-order chi connectivity index (χ1) is 8.83. The van der Waals surface area contributed by atoms with Gasteiger partial charge in [0.25, 0.3) is 0 Å². The van der Waals surface area contributed by atoms with E-state index in [1.54, 1.807) is 0 Å².